The Bertz CT molecular complexity index is 677. The molecule has 2 fully saturated rings. The van der Waals surface area contributed by atoms with Gasteiger partial charge < -0.3 is 16.0 Å². The van der Waals surface area contributed by atoms with Crippen LogP contribution in [0.3, 0.4) is 0 Å². The molecule has 1 aromatic rings. The molecule has 0 aromatic heterocycles. The molecular formula is C18H25N5O2. The second-order valence-corrected chi connectivity index (χ2v) is 7.07. The lowest BCUT2D eigenvalue weighted by atomic mass is 9.74. The molecule has 1 aliphatic heterocycles. The normalized spacial score (nSPS) is 29.3. The lowest BCUT2D eigenvalue weighted by Gasteiger charge is -2.38. The predicted octanol–water partition coefficient (Wildman–Crippen LogP) is 2.12. The summed E-state index contributed by atoms with van der Waals surface area (Å²) in [7, 11) is 1.62. The molecule has 2 aliphatic rings. The Labute approximate surface area is 147 Å². The maximum atomic E-state index is 12.5. The number of hydrogen-bond acceptors (Lipinski definition) is 3. The zero-order valence-electron chi connectivity index (χ0n) is 14.6. The van der Waals surface area contributed by atoms with Crippen LogP contribution in [0.2, 0.25) is 0 Å². The van der Waals surface area contributed by atoms with Crippen molar-refractivity contribution in [1.29, 1.82) is 5.41 Å². The van der Waals surface area contributed by atoms with E-state index in [0.717, 1.165) is 31.4 Å². The Morgan fingerprint density at radius 3 is 2.68 bits per heavy atom. The summed E-state index contributed by atoms with van der Waals surface area (Å²) in [6.07, 6.45) is 3.48. The average Bonchev–Trinajstić information content (AvgIpc) is 2.80. The van der Waals surface area contributed by atoms with Gasteiger partial charge in [-0.25, -0.2) is 4.79 Å². The van der Waals surface area contributed by atoms with Crippen LogP contribution < -0.4 is 16.0 Å². The first-order valence-corrected chi connectivity index (χ1v) is 8.67. The SMILES string of the molecule is CN1C(=N)NC(C)(C2CCCC(NC(=O)Nc3ccccc3)C2)C1=O. The van der Waals surface area contributed by atoms with Crippen LogP contribution in [-0.2, 0) is 4.79 Å². The fourth-order valence-electron chi connectivity index (χ4n) is 3.83. The lowest BCUT2D eigenvalue weighted by molar-refractivity contribution is -0.132. The molecule has 7 nitrogen and oxygen atoms in total. The van der Waals surface area contributed by atoms with Crippen molar-refractivity contribution in [1.82, 2.24) is 15.5 Å². The smallest absolute Gasteiger partial charge is 0.319 e. The molecule has 0 spiro atoms. The maximum Gasteiger partial charge on any atom is 0.319 e. The number of guanidine groups is 1. The molecule has 3 atom stereocenters. The van der Waals surface area contributed by atoms with Crippen LogP contribution >= 0.6 is 0 Å². The summed E-state index contributed by atoms with van der Waals surface area (Å²) in [5.41, 5.74) is -0.00994. The number of carbonyl (C=O) groups is 2. The van der Waals surface area contributed by atoms with Crippen molar-refractivity contribution in [3.63, 3.8) is 0 Å². The summed E-state index contributed by atoms with van der Waals surface area (Å²) in [6, 6.07) is 9.12. The highest BCUT2D eigenvalue weighted by Crippen LogP contribution is 2.36. The molecule has 4 N–H and O–H groups in total. The summed E-state index contributed by atoms with van der Waals surface area (Å²) in [5, 5.41) is 16.8. The minimum Gasteiger partial charge on any atom is -0.342 e. The third-order valence-corrected chi connectivity index (χ3v) is 5.32. The third-order valence-electron chi connectivity index (χ3n) is 5.32. The number of amides is 3. The van der Waals surface area contributed by atoms with Gasteiger partial charge in [0.15, 0.2) is 5.96 Å². The highest BCUT2D eigenvalue weighted by atomic mass is 16.2. The number of rotatable bonds is 3. The molecule has 25 heavy (non-hydrogen) atoms. The average molecular weight is 343 g/mol. The summed E-state index contributed by atoms with van der Waals surface area (Å²) < 4.78 is 0. The van der Waals surface area contributed by atoms with Crippen LogP contribution in [0.4, 0.5) is 10.5 Å². The van der Waals surface area contributed by atoms with Gasteiger partial charge >= 0.3 is 6.03 Å². The second-order valence-electron chi connectivity index (χ2n) is 7.07. The van der Waals surface area contributed by atoms with Gasteiger partial charge in [-0.15, -0.1) is 0 Å². The highest BCUT2D eigenvalue weighted by molar-refractivity contribution is 6.07. The Kier molecular flexibility index (Phi) is 4.65. The van der Waals surface area contributed by atoms with Gasteiger partial charge in [-0.05, 0) is 44.2 Å². The molecule has 3 amide bonds. The summed E-state index contributed by atoms with van der Waals surface area (Å²) in [6.45, 7) is 1.87. The molecule has 1 aromatic carbocycles. The molecule has 1 aliphatic carbocycles. The van der Waals surface area contributed by atoms with Crippen LogP contribution in [0.15, 0.2) is 30.3 Å². The minimum absolute atomic E-state index is 0.0222. The first kappa shape index (κ1) is 17.3. The first-order chi connectivity index (χ1) is 11.9. The molecule has 1 saturated carbocycles. The number of carbonyl (C=O) groups excluding carboxylic acids is 2. The molecule has 3 rings (SSSR count). The topological polar surface area (TPSA) is 97.3 Å². The van der Waals surface area contributed by atoms with Gasteiger partial charge in [-0.1, -0.05) is 24.6 Å². The van der Waals surface area contributed by atoms with Crippen LogP contribution in [0, 0.1) is 11.3 Å². The van der Waals surface area contributed by atoms with Gasteiger partial charge in [-0.3, -0.25) is 15.1 Å². The summed E-state index contributed by atoms with van der Waals surface area (Å²) >= 11 is 0. The zero-order valence-corrected chi connectivity index (χ0v) is 14.6. The number of nitrogens with zero attached hydrogens (tertiary/aromatic N) is 1. The number of nitrogens with one attached hydrogen (secondary N) is 4. The molecule has 3 unspecified atom stereocenters. The quantitative estimate of drug-likeness (QED) is 0.677. The Morgan fingerprint density at radius 2 is 2.04 bits per heavy atom. The minimum atomic E-state index is -0.762. The van der Waals surface area contributed by atoms with Crippen molar-refractivity contribution in [2.75, 3.05) is 12.4 Å². The molecule has 7 heteroatoms. The van der Waals surface area contributed by atoms with E-state index in [1.165, 1.54) is 4.90 Å². The fraction of sp³-hybridized carbons (Fsp3) is 0.500. The maximum absolute atomic E-state index is 12.5. The van der Waals surface area contributed by atoms with E-state index in [1.54, 1.807) is 7.05 Å². The zero-order chi connectivity index (χ0) is 18.0. The van der Waals surface area contributed by atoms with Crippen LogP contribution in [0.5, 0.6) is 0 Å². The van der Waals surface area contributed by atoms with Crippen molar-refractivity contribution in [2.45, 2.75) is 44.2 Å². The van der Waals surface area contributed by atoms with E-state index in [-0.39, 0.29) is 29.9 Å². The third kappa shape index (κ3) is 3.45. The van der Waals surface area contributed by atoms with Gasteiger partial charge in [0.25, 0.3) is 5.91 Å². The second kappa shape index (κ2) is 6.74. The predicted molar refractivity (Wildman–Crippen MR) is 96.4 cm³/mol. The Morgan fingerprint density at radius 1 is 1.32 bits per heavy atom. The number of benzene rings is 1. The number of anilines is 1. The van der Waals surface area contributed by atoms with Gasteiger partial charge in [0.1, 0.15) is 5.54 Å². The Balaban J connectivity index is 1.61. The van der Waals surface area contributed by atoms with E-state index in [0.29, 0.717) is 0 Å². The van der Waals surface area contributed by atoms with E-state index in [4.69, 9.17) is 5.41 Å². The van der Waals surface area contributed by atoms with Crippen molar-refractivity contribution < 1.29 is 9.59 Å². The van der Waals surface area contributed by atoms with Crippen molar-refractivity contribution >= 4 is 23.6 Å². The van der Waals surface area contributed by atoms with Crippen LogP contribution in [0.25, 0.3) is 0 Å². The monoisotopic (exact) mass is 343 g/mol. The van der Waals surface area contributed by atoms with Crippen molar-refractivity contribution in [2.24, 2.45) is 5.92 Å². The summed E-state index contributed by atoms with van der Waals surface area (Å²) in [4.78, 5) is 26.1. The van der Waals surface area contributed by atoms with Crippen LogP contribution in [0.1, 0.15) is 32.6 Å². The standard InChI is InChI=1S/C18H25N5O2/c1-18(15(24)23(2)16(19)22-18)12-7-6-10-14(11-12)21-17(25)20-13-8-4-3-5-9-13/h3-5,8-9,12,14H,6-7,10-11H2,1-2H3,(H2,19,22)(H2,20,21,25). The fourth-order valence-corrected chi connectivity index (χ4v) is 3.83. The number of likely N-dealkylation sites (N-methyl/N-ethyl adjacent to an activating group) is 1. The van der Waals surface area contributed by atoms with Gasteiger partial charge in [0.05, 0.1) is 0 Å². The molecule has 1 saturated heterocycles. The van der Waals surface area contributed by atoms with E-state index < -0.39 is 5.54 Å². The highest BCUT2D eigenvalue weighted by Gasteiger charge is 2.50. The molecule has 0 bridgehead atoms. The number of urea groups is 1. The molecule has 0 radical (unpaired) electrons. The van der Waals surface area contributed by atoms with Crippen molar-refractivity contribution in [3.05, 3.63) is 30.3 Å². The van der Waals surface area contributed by atoms with E-state index in [2.05, 4.69) is 16.0 Å². The summed E-state index contributed by atoms with van der Waals surface area (Å²) in [5.74, 6) is 0.155. The lowest BCUT2D eigenvalue weighted by Crippen LogP contribution is -2.54. The van der Waals surface area contributed by atoms with Gasteiger partial charge in [0.2, 0.25) is 0 Å². The Hall–Kier alpha value is -2.57. The number of para-hydroxylation sites is 1. The number of hydrogen-bond donors (Lipinski definition) is 4. The van der Waals surface area contributed by atoms with E-state index >= 15 is 0 Å². The van der Waals surface area contributed by atoms with Gasteiger partial charge in [-0.2, -0.15) is 0 Å². The van der Waals surface area contributed by atoms with Crippen LogP contribution in [-0.4, -0.2) is 41.4 Å². The van der Waals surface area contributed by atoms with Gasteiger partial charge in [0, 0.05) is 18.8 Å². The van der Waals surface area contributed by atoms with E-state index in [1.807, 2.05) is 37.3 Å². The largest absolute Gasteiger partial charge is 0.342 e. The molecule has 1 heterocycles. The van der Waals surface area contributed by atoms with E-state index in [9.17, 15) is 9.59 Å². The molecule has 134 valence electrons. The van der Waals surface area contributed by atoms with Crippen molar-refractivity contribution in [3.8, 4) is 0 Å². The molecular weight excluding hydrogens is 318 g/mol. The first-order valence-electron chi connectivity index (χ1n) is 8.67.